The second-order valence-electron chi connectivity index (χ2n) is 4.88. The maximum absolute atomic E-state index is 12.0. The SMILES string of the molecule is Cc1ccc(S(=O)(=O)NCCC(=O)Nc2ccccc2)cc1. The molecule has 0 saturated heterocycles. The van der Waals surface area contributed by atoms with Crippen molar-refractivity contribution in [3.63, 3.8) is 0 Å². The largest absolute Gasteiger partial charge is 0.326 e. The third kappa shape index (κ3) is 4.68. The van der Waals surface area contributed by atoms with Gasteiger partial charge in [0.15, 0.2) is 0 Å². The predicted molar refractivity (Wildman–Crippen MR) is 86.1 cm³/mol. The number of sulfonamides is 1. The molecule has 5 nitrogen and oxygen atoms in total. The summed E-state index contributed by atoms with van der Waals surface area (Å²) in [6, 6.07) is 15.6. The first-order chi connectivity index (χ1) is 10.5. The number of rotatable bonds is 6. The predicted octanol–water partition coefficient (Wildman–Crippen LogP) is 2.30. The molecule has 0 bridgehead atoms. The summed E-state index contributed by atoms with van der Waals surface area (Å²) in [6.07, 6.45) is 0.0694. The van der Waals surface area contributed by atoms with Crippen LogP contribution < -0.4 is 10.0 Å². The van der Waals surface area contributed by atoms with Crippen LogP contribution in [0.25, 0.3) is 0 Å². The number of aryl methyl sites for hydroxylation is 1. The van der Waals surface area contributed by atoms with Crippen molar-refractivity contribution in [3.05, 3.63) is 60.2 Å². The number of hydrogen-bond acceptors (Lipinski definition) is 3. The van der Waals surface area contributed by atoms with Gasteiger partial charge < -0.3 is 5.32 Å². The molecule has 0 saturated carbocycles. The highest BCUT2D eigenvalue weighted by atomic mass is 32.2. The quantitative estimate of drug-likeness (QED) is 0.858. The number of amides is 1. The molecule has 2 aromatic rings. The summed E-state index contributed by atoms with van der Waals surface area (Å²) in [5.41, 5.74) is 1.68. The first kappa shape index (κ1) is 16.2. The zero-order chi connectivity index (χ0) is 16.0. The number of benzene rings is 2. The Balaban J connectivity index is 1.85. The fraction of sp³-hybridized carbons (Fsp3) is 0.188. The zero-order valence-corrected chi connectivity index (χ0v) is 13.1. The van der Waals surface area contributed by atoms with Crippen LogP contribution in [0.4, 0.5) is 5.69 Å². The summed E-state index contributed by atoms with van der Waals surface area (Å²) in [7, 11) is -3.58. The van der Waals surface area contributed by atoms with Crippen molar-refractivity contribution in [2.45, 2.75) is 18.2 Å². The summed E-state index contributed by atoms with van der Waals surface area (Å²) >= 11 is 0. The lowest BCUT2D eigenvalue weighted by Crippen LogP contribution is -2.27. The van der Waals surface area contributed by atoms with Crippen LogP contribution in [0.3, 0.4) is 0 Å². The lowest BCUT2D eigenvalue weighted by molar-refractivity contribution is -0.116. The molecule has 0 heterocycles. The lowest BCUT2D eigenvalue weighted by atomic mass is 10.2. The molecular formula is C16H18N2O3S. The third-order valence-electron chi connectivity index (χ3n) is 3.03. The van der Waals surface area contributed by atoms with Gasteiger partial charge in [0.1, 0.15) is 0 Å². The second-order valence-corrected chi connectivity index (χ2v) is 6.64. The normalized spacial score (nSPS) is 11.1. The van der Waals surface area contributed by atoms with Gasteiger partial charge in [0.25, 0.3) is 0 Å². The Morgan fingerprint density at radius 2 is 1.64 bits per heavy atom. The van der Waals surface area contributed by atoms with Gasteiger partial charge in [-0.25, -0.2) is 13.1 Å². The van der Waals surface area contributed by atoms with Crippen molar-refractivity contribution in [1.29, 1.82) is 0 Å². The minimum atomic E-state index is -3.58. The Hall–Kier alpha value is -2.18. The van der Waals surface area contributed by atoms with Crippen LogP contribution >= 0.6 is 0 Å². The van der Waals surface area contributed by atoms with Crippen LogP contribution in [0.15, 0.2) is 59.5 Å². The van der Waals surface area contributed by atoms with Gasteiger partial charge in [-0.2, -0.15) is 0 Å². The Kier molecular flexibility index (Phi) is 5.30. The summed E-state index contributed by atoms with van der Waals surface area (Å²) in [5.74, 6) is -0.238. The van der Waals surface area contributed by atoms with Gasteiger partial charge in [0.05, 0.1) is 4.90 Å². The van der Waals surface area contributed by atoms with Gasteiger partial charge in [-0.05, 0) is 31.2 Å². The van der Waals surface area contributed by atoms with Crippen LogP contribution in [0, 0.1) is 6.92 Å². The Morgan fingerprint density at radius 1 is 1.00 bits per heavy atom. The molecule has 0 spiro atoms. The van der Waals surface area contributed by atoms with Gasteiger partial charge in [-0.3, -0.25) is 4.79 Å². The van der Waals surface area contributed by atoms with Gasteiger partial charge in [0.2, 0.25) is 15.9 Å². The fourth-order valence-corrected chi connectivity index (χ4v) is 2.88. The lowest BCUT2D eigenvalue weighted by Gasteiger charge is -2.08. The van der Waals surface area contributed by atoms with E-state index in [1.807, 2.05) is 25.1 Å². The number of anilines is 1. The van der Waals surface area contributed by atoms with Crippen molar-refractivity contribution in [1.82, 2.24) is 4.72 Å². The molecule has 0 unspecified atom stereocenters. The molecule has 2 N–H and O–H groups in total. The van der Waals surface area contributed by atoms with Crippen LogP contribution in [0.1, 0.15) is 12.0 Å². The Morgan fingerprint density at radius 3 is 2.27 bits per heavy atom. The van der Waals surface area contributed by atoms with E-state index in [-0.39, 0.29) is 23.8 Å². The highest BCUT2D eigenvalue weighted by Gasteiger charge is 2.13. The third-order valence-corrected chi connectivity index (χ3v) is 4.51. The van der Waals surface area contributed by atoms with Crippen molar-refractivity contribution >= 4 is 21.6 Å². The van der Waals surface area contributed by atoms with Gasteiger partial charge in [0, 0.05) is 18.7 Å². The summed E-state index contributed by atoms with van der Waals surface area (Å²) in [4.78, 5) is 11.9. The number of hydrogen-bond donors (Lipinski definition) is 2. The van der Waals surface area contributed by atoms with Gasteiger partial charge in [-0.15, -0.1) is 0 Å². The van der Waals surface area contributed by atoms with Crippen LogP contribution in [0.2, 0.25) is 0 Å². The zero-order valence-electron chi connectivity index (χ0n) is 12.2. The van der Waals surface area contributed by atoms with E-state index in [2.05, 4.69) is 10.0 Å². The van der Waals surface area contributed by atoms with Crippen molar-refractivity contribution < 1.29 is 13.2 Å². The maximum Gasteiger partial charge on any atom is 0.240 e. The average Bonchev–Trinajstić information content (AvgIpc) is 2.48. The van der Waals surface area contributed by atoms with E-state index in [1.54, 1.807) is 36.4 Å². The summed E-state index contributed by atoms with van der Waals surface area (Å²) in [6.45, 7) is 1.94. The molecule has 2 rings (SSSR count). The van der Waals surface area contributed by atoms with Crippen LogP contribution in [0.5, 0.6) is 0 Å². The first-order valence-electron chi connectivity index (χ1n) is 6.88. The number of nitrogens with one attached hydrogen (secondary N) is 2. The molecule has 1 amide bonds. The van der Waals surface area contributed by atoms with Crippen molar-refractivity contribution in [2.24, 2.45) is 0 Å². The van der Waals surface area contributed by atoms with E-state index in [0.29, 0.717) is 5.69 Å². The highest BCUT2D eigenvalue weighted by Crippen LogP contribution is 2.10. The number of carbonyl (C=O) groups is 1. The summed E-state index contributed by atoms with van der Waals surface area (Å²) in [5, 5.41) is 2.70. The van der Waals surface area contributed by atoms with Crippen molar-refractivity contribution in [2.75, 3.05) is 11.9 Å². The molecular weight excluding hydrogens is 300 g/mol. The highest BCUT2D eigenvalue weighted by molar-refractivity contribution is 7.89. The molecule has 0 aliphatic heterocycles. The molecule has 6 heteroatoms. The molecule has 0 aliphatic rings. The standard InChI is InChI=1S/C16H18N2O3S/c1-13-7-9-15(10-8-13)22(20,21)17-12-11-16(19)18-14-5-3-2-4-6-14/h2-10,17H,11-12H2,1H3,(H,18,19). The molecule has 0 atom stereocenters. The van der Waals surface area contributed by atoms with Gasteiger partial charge in [-0.1, -0.05) is 35.9 Å². The molecule has 22 heavy (non-hydrogen) atoms. The summed E-state index contributed by atoms with van der Waals surface area (Å²) < 4.78 is 26.5. The van der Waals surface area contributed by atoms with E-state index in [1.165, 1.54) is 0 Å². The van der Waals surface area contributed by atoms with Gasteiger partial charge >= 0.3 is 0 Å². The average molecular weight is 318 g/mol. The van der Waals surface area contributed by atoms with E-state index >= 15 is 0 Å². The smallest absolute Gasteiger partial charge is 0.240 e. The number of para-hydroxylation sites is 1. The fourth-order valence-electron chi connectivity index (χ4n) is 1.84. The molecule has 0 fully saturated rings. The Labute approximate surface area is 130 Å². The maximum atomic E-state index is 12.0. The van der Waals surface area contributed by atoms with E-state index < -0.39 is 10.0 Å². The molecule has 116 valence electrons. The number of carbonyl (C=O) groups excluding carboxylic acids is 1. The molecule has 0 aromatic heterocycles. The molecule has 0 aliphatic carbocycles. The van der Waals surface area contributed by atoms with Crippen LogP contribution in [-0.2, 0) is 14.8 Å². The molecule has 2 aromatic carbocycles. The van der Waals surface area contributed by atoms with Crippen LogP contribution in [-0.4, -0.2) is 20.9 Å². The first-order valence-corrected chi connectivity index (χ1v) is 8.37. The minimum Gasteiger partial charge on any atom is -0.326 e. The van der Waals surface area contributed by atoms with Crippen molar-refractivity contribution in [3.8, 4) is 0 Å². The monoisotopic (exact) mass is 318 g/mol. The Bertz CT molecular complexity index is 726. The van der Waals surface area contributed by atoms with E-state index in [4.69, 9.17) is 0 Å². The second kappa shape index (κ2) is 7.20. The minimum absolute atomic E-state index is 0.0505. The topological polar surface area (TPSA) is 75.3 Å². The van der Waals surface area contributed by atoms with E-state index in [9.17, 15) is 13.2 Å². The molecule has 0 radical (unpaired) electrons. The van der Waals surface area contributed by atoms with E-state index in [0.717, 1.165) is 5.56 Å².